The highest BCUT2D eigenvalue weighted by atomic mass is 14.8. The predicted octanol–water partition coefficient (Wildman–Crippen LogP) is 2.53. The van der Waals surface area contributed by atoms with E-state index in [1.54, 1.807) is 0 Å². The van der Waals surface area contributed by atoms with Gasteiger partial charge in [0.05, 0.1) is 12.7 Å². The molecule has 0 saturated carbocycles. The molecule has 30 heavy (non-hydrogen) atoms. The first kappa shape index (κ1) is 19.9. The molecule has 0 fully saturated rings. The van der Waals surface area contributed by atoms with Crippen LogP contribution in [0.4, 0.5) is 0 Å². The van der Waals surface area contributed by atoms with E-state index in [-0.39, 0.29) is 0 Å². The highest BCUT2D eigenvalue weighted by Crippen LogP contribution is 2.09. The Kier molecular flexibility index (Phi) is 6.59. The largest absolute Gasteiger partial charge is 0.320 e. The Morgan fingerprint density at radius 1 is 0.467 bits per heavy atom. The molecule has 0 radical (unpaired) electrons. The molecule has 0 atom stereocenters. The van der Waals surface area contributed by atoms with Gasteiger partial charge in [-0.2, -0.15) is 21.9 Å². The van der Waals surface area contributed by atoms with Gasteiger partial charge in [-0.1, -0.05) is 121 Å². The zero-order valence-corrected chi connectivity index (χ0v) is 17.3. The highest BCUT2D eigenvalue weighted by molar-refractivity contribution is 7.19. The van der Waals surface area contributed by atoms with Gasteiger partial charge in [0.25, 0.3) is 0 Å². The van der Waals surface area contributed by atoms with E-state index < -0.39 is 6.15 Å². The molecule has 1 nitrogen and oxygen atoms in total. The molecule has 0 amide bonds. The molecule has 1 heterocycles. The maximum atomic E-state index is 2.26. The van der Waals surface area contributed by atoms with Crippen LogP contribution in [0.25, 0.3) is 0 Å². The van der Waals surface area contributed by atoms with Crippen molar-refractivity contribution in [3.8, 4) is 0 Å². The van der Waals surface area contributed by atoms with Crippen molar-refractivity contribution in [2.24, 2.45) is 0 Å². The molecule has 1 aliphatic rings. The number of benzene rings is 4. The molecule has 1 aliphatic heterocycles. The van der Waals surface area contributed by atoms with Gasteiger partial charge in [-0.05, 0) is 6.08 Å². The minimum Gasteiger partial charge on any atom is -0.320 e. The summed E-state index contributed by atoms with van der Waals surface area (Å²) in [6.07, 6.45) is 4.34. The molecule has 0 saturated heterocycles. The standard InChI is InChI=1S/C24H20B.C4H7N/c1-5-13-21(14-6-1)25(22-15-7-2-8-16-22,23-17-9-3-10-18-23)24-19-11-4-12-20-24;1-2-4-5-3-1/h1-20H;1,3,5H,2,4H2/q-1;/p+1. The quantitative estimate of drug-likeness (QED) is 0.517. The van der Waals surface area contributed by atoms with Gasteiger partial charge in [0.1, 0.15) is 6.15 Å². The van der Waals surface area contributed by atoms with Crippen LogP contribution >= 0.6 is 0 Å². The Hall–Kier alpha value is -3.36. The van der Waals surface area contributed by atoms with Crippen molar-refractivity contribution in [1.29, 1.82) is 0 Å². The van der Waals surface area contributed by atoms with E-state index in [1.807, 2.05) is 0 Å². The van der Waals surface area contributed by atoms with E-state index in [0.29, 0.717) is 0 Å². The average molecular weight is 389 g/mol. The van der Waals surface area contributed by atoms with Crippen LogP contribution in [-0.2, 0) is 0 Å². The Morgan fingerprint density at radius 3 is 1.00 bits per heavy atom. The topological polar surface area (TPSA) is 16.6 Å². The Bertz CT molecular complexity index is 875. The Morgan fingerprint density at radius 2 is 0.800 bits per heavy atom. The van der Waals surface area contributed by atoms with Crippen LogP contribution in [0, 0.1) is 0 Å². The van der Waals surface area contributed by atoms with Crippen LogP contribution in [-0.4, -0.2) is 12.7 Å². The second-order valence-corrected chi connectivity index (χ2v) is 7.75. The molecule has 0 unspecified atom stereocenters. The summed E-state index contributed by atoms with van der Waals surface area (Å²) in [4.78, 5) is 0. The van der Waals surface area contributed by atoms with Crippen LogP contribution in [0.1, 0.15) is 6.42 Å². The van der Waals surface area contributed by atoms with Crippen molar-refractivity contribution < 1.29 is 5.32 Å². The zero-order chi connectivity index (χ0) is 20.5. The fourth-order valence-corrected chi connectivity index (χ4v) is 4.60. The molecule has 4 aromatic rings. The molecule has 0 aliphatic carbocycles. The third-order valence-corrected chi connectivity index (χ3v) is 5.97. The van der Waals surface area contributed by atoms with Gasteiger partial charge in [0, 0.05) is 6.42 Å². The second-order valence-electron chi connectivity index (χ2n) is 7.75. The number of rotatable bonds is 4. The summed E-state index contributed by atoms with van der Waals surface area (Å²) in [5.74, 6) is 0. The van der Waals surface area contributed by atoms with Gasteiger partial charge in [-0.15, -0.1) is 0 Å². The Labute approximate surface area is 180 Å². The summed E-state index contributed by atoms with van der Waals surface area (Å²) in [6, 6.07) is 43.5. The predicted molar refractivity (Wildman–Crippen MR) is 131 cm³/mol. The number of hydrogen-bond donors (Lipinski definition) is 1. The molecule has 4 aromatic carbocycles. The van der Waals surface area contributed by atoms with E-state index in [1.165, 1.54) is 34.8 Å². The molecular weight excluding hydrogens is 361 g/mol. The second kappa shape index (κ2) is 9.91. The fraction of sp³-hybridized carbons (Fsp3) is 0.0714. The first-order valence-electron chi connectivity index (χ1n) is 10.8. The normalized spacial score (nSPS) is 12.8. The third-order valence-electron chi connectivity index (χ3n) is 5.97. The van der Waals surface area contributed by atoms with Gasteiger partial charge < -0.3 is 5.32 Å². The van der Waals surface area contributed by atoms with Crippen molar-refractivity contribution in [2.45, 2.75) is 6.42 Å². The zero-order valence-electron chi connectivity index (χ0n) is 17.3. The minimum atomic E-state index is -1.22. The molecule has 148 valence electrons. The first-order chi connectivity index (χ1) is 14.9. The van der Waals surface area contributed by atoms with E-state index >= 15 is 0 Å². The summed E-state index contributed by atoms with van der Waals surface area (Å²) in [5, 5.41) is 2.18. The number of nitrogens with two attached hydrogens (primary N) is 1. The SMILES string of the molecule is C1=C[NH2+]CC1.c1ccc([B-](c2ccccc2)(c2ccccc2)c2ccccc2)cc1. The van der Waals surface area contributed by atoms with Gasteiger partial charge in [-0.25, -0.2) is 0 Å². The highest BCUT2D eigenvalue weighted by Gasteiger charge is 2.30. The molecule has 2 heteroatoms. The van der Waals surface area contributed by atoms with Crippen molar-refractivity contribution in [2.75, 3.05) is 6.54 Å². The molecule has 2 N–H and O–H groups in total. The molecule has 0 bridgehead atoms. The number of quaternary nitrogens is 1. The smallest absolute Gasteiger partial charge is 0.108 e. The maximum absolute atomic E-state index is 2.26. The molecule has 0 spiro atoms. The van der Waals surface area contributed by atoms with Crippen molar-refractivity contribution in [3.05, 3.63) is 134 Å². The van der Waals surface area contributed by atoms with Gasteiger partial charge in [-0.3, -0.25) is 0 Å². The summed E-state index contributed by atoms with van der Waals surface area (Å²) in [5.41, 5.74) is 5.36. The maximum Gasteiger partial charge on any atom is 0.108 e. The monoisotopic (exact) mass is 389 g/mol. The van der Waals surface area contributed by atoms with Gasteiger partial charge in [0.15, 0.2) is 0 Å². The van der Waals surface area contributed by atoms with Crippen LogP contribution in [0.5, 0.6) is 0 Å². The summed E-state index contributed by atoms with van der Waals surface area (Å²) >= 11 is 0. The molecule has 5 rings (SSSR count). The van der Waals surface area contributed by atoms with E-state index in [9.17, 15) is 0 Å². The van der Waals surface area contributed by atoms with Crippen LogP contribution in [0.3, 0.4) is 0 Å². The Balaban J connectivity index is 0.000000383. The van der Waals surface area contributed by atoms with Crippen LogP contribution < -0.4 is 27.2 Å². The number of hydrogen-bond acceptors (Lipinski definition) is 0. The first-order valence-corrected chi connectivity index (χ1v) is 10.8. The fourth-order valence-electron chi connectivity index (χ4n) is 4.60. The summed E-state index contributed by atoms with van der Waals surface area (Å²) < 4.78 is 0. The lowest BCUT2D eigenvalue weighted by Crippen LogP contribution is -2.75. The van der Waals surface area contributed by atoms with Crippen LogP contribution in [0.15, 0.2) is 134 Å². The van der Waals surface area contributed by atoms with Crippen molar-refractivity contribution >= 4 is 28.0 Å². The summed E-state index contributed by atoms with van der Waals surface area (Å²) in [7, 11) is 0. The van der Waals surface area contributed by atoms with Gasteiger partial charge in [0.2, 0.25) is 0 Å². The van der Waals surface area contributed by atoms with Crippen molar-refractivity contribution in [3.63, 3.8) is 0 Å². The lowest BCUT2D eigenvalue weighted by atomic mass is 9.13. The minimum absolute atomic E-state index is 1.22. The van der Waals surface area contributed by atoms with Crippen molar-refractivity contribution in [1.82, 2.24) is 0 Å². The summed E-state index contributed by atoms with van der Waals surface area (Å²) in [6.45, 7) is 1.26. The lowest BCUT2D eigenvalue weighted by Gasteiger charge is -2.44. The van der Waals surface area contributed by atoms with Gasteiger partial charge >= 0.3 is 0 Å². The van der Waals surface area contributed by atoms with E-state index in [2.05, 4.69) is 139 Å². The van der Waals surface area contributed by atoms with E-state index in [4.69, 9.17) is 0 Å². The average Bonchev–Trinajstić information content (AvgIpc) is 3.43. The third kappa shape index (κ3) is 4.15. The molecule has 0 aromatic heterocycles. The van der Waals surface area contributed by atoms with Crippen LogP contribution in [0.2, 0.25) is 0 Å². The molecular formula is C28H28BN. The lowest BCUT2D eigenvalue weighted by molar-refractivity contribution is -0.578. The van der Waals surface area contributed by atoms with E-state index in [0.717, 1.165) is 0 Å².